The van der Waals surface area contributed by atoms with E-state index in [0.29, 0.717) is 28.5 Å². The summed E-state index contributed by atoms with van der Waals surface area (Å²) in [6, 6.07) is 7.73. The Labute approximate surface area is 148 Å². The molecule has 1 aromatic carbocycles. The van der Waals surface area contributed by atoms with E-state index in [2.05, 4.69) is 13.8 Å². The standard InChI is InChI=1S/C20H25NO4/c1-12(2)15-7-9-16(10-8-15)25-11-17(22)18-13(3)19(20(23)24-6)21(5)14(18)4/h7-10,12H,11H2,1-6H3. The Balaban J connectivity index is 2.17. The number of rotatable bonds is 6. The van der Waals surface area contributed by atoms with Crippen molar-refractivity contribution in [1.82, 2.24) is 4.57 Å². The summed E-state index contributed by atoms with van der Waals surface area (Å²) in [7, 11) is 3.08. The van der Waals surface area contributed by atoms with Crippen molar-refractivity contribution in [2.45, 2.75) is 33.6 Å². The SMILES string of the molecule is COC(=O)c1c(C)c(C(=O)COc2ccc(C(C)C)cc2)c(C)n1C. The van der Waals surface area contributed by atoms with Gasteiger partial charge < -0.3 is 14.0 Å². The van der Waals surface area contributed by atoms with Crippen LogP contribution in [-0.4, -0.2) is 30.0 Å². The monoisotopic (exact) mass is 343 g/mol. The Morgan fingerprint density at radius 2 is 1.72 bits per heavy atom. The molecule has 0 amide bonds. The van der Waals surface area contributed by atoms with Gasteiger partial charge in [0.2, 0.25) is 5.78 Å². The van der Waals surface area contributed by atoms with Gasteiger partial charge in [0.25, 0.3) is 0 Å². The van der Waals surface area contributed by atoms with Crippen molar-refractivity contribution in [2.75, 3.05) is 13.7 Å². The first-order valence-corrected chi connectivity index (χ1v) is 8.28. The molecule has 0 atom stereocenters. The van der Waals surface area contributed by atoms with E-state index >= 15 is 0 Å². The number of esters is 1. The maximum absolute atomic E-state index is 12.6. The first kappa shape index (κ1) is 18.8. The van der Waals surface area contributed by atoms with E-state index in [-0.39, 0.29) is 12.4 Å². The molecule has 0 aliphatic heterocycles. The van der Waals surface area contributed by atoms with Crippen molar-refractivity contribution in [3.05, 3.63) is 52.3 Å². The lowest BCUT2D eigenvalue weighted by Gasteiger charge is -2.09. The highest BCUT2D eigenvalue weighted by molar-refractivity contribution is 6.03. The van der Waals surface area contributed by atoms with Gasteiger partial charge in [-0.3, -0.25) is 4.79 Å². The first-order valence-electron chi connectivity index (χ1n) is 8.28. The summed E-state index contributed by atoms with van der Waals surface area (Å²) < 4.78 is 12.1. The molecule has 0 aliphatic carbocycles. The normalized spacial score (nSPS) is 10.8. The van der Waals surface area contributed by atoms with Crippen LogP contribution < -0.4 is 4.74 Å². The molecule has 0 fully saturated rings. The molecule has 2 aromatic rings. The second-order valence-electron chi connectivity index (χ2n) is 6.42. The molecule has 0 saturated carbocycles. The molecular formula is C20H25NO4. The molecule has 0 unspecified atom stereocenters. The Hall–Kier alpha value is -2.56. The zero-order valence-corrected chi connectivity index (χ0v) is 15.7. The fraction of sp³-hybridized carbons (Fsp3) is 0.400. The average Bonchev–Trinajstić information content (AvgIpc) is 2.81. The number of Topliss-reactive ketones (excluding diaryl/α,β-unsaturated/α-hetero) is 1. The van der Waals surface area contributed by atoms with Gasteiger partial charge >= 0.3 is 5.97 Å². The molecule has 134 valence electrons. The number of carbonyl (C=O) groups excluding carboxylic acids is 2. The van der Waals surface area contributed by atoms with Gasteiger partial charge in [0.15, 0.2) is 6.61 Å². The molecule has 5 nitrogen and oxygen atoms in total. The van der Waals surface area contributed by atoms with Crippen LogP contribution in [0.1, 0.15) is 57.4 Å². The quantitative estimate of drug-likeness (QED) is 0.591. The topological polar surface area (TPSA) is 57.5 Å². The number of methoxy groups -OCH3 is 1. The van der Waals surface area contributed by atoms with E-state index in [1.165, 1.54) is 12.7 Å². The van der Waals surface area contributed by atoms with Gasteiger partial charge in [0.05, 0.1) is 7.11 Å². The number of ketones is 1. The zero-order chi connectivity index (χ0) is 18.7. The van der Waals surface area contributed by atoms with Crippen LogP contribution in [-0.2, 0) is 11.8 Å². The van der Waals surface area contributed by atoms with Crippen LogP contribution in [0.25, 0.3) is 0 Å². The Morgan fingerprint density at radius 3 is 2.24 bits per heavy atom. The maximum Gasteiger partial charge on any atom is 0.354 e. The minimum absolute atomic E-state index is 0.0761. The predicted molar refractivity (Wildman–Crippen MR) is 96.6 cm³/mol. The molecule has 0 bridgehead atoms. The van der Waals surface area contributed by atoms with Crippen LogP contribution in [0.4, 0.5) is 0 Å². The molecule has 1 aromatic heterocycles. The van der Waals surface area contributed by atoms with Crippen LogP contribution in [0.3, 0.4) is 0 Å². The lowest BCUT2D eigenvalue weighted by molar-refractivity contribution is 0.0588. The Bertz CT molecular complexity index is 785. The van der Waals surface area contributed by atoms with Crippen molar-refractivity contribution >= 4 is 11.8 Å². The third-order valence-corrected chi connectivity index (χ3v) is 4.50. The third kappa shape index (κ3) is 3.76. The number of ether oxygens (including phenoxy) is 2. The fourth-order valence-corrected chi connectivity index (χ4v) is 2.94. The summed E-state index contributed by atoms with van der Waals surface area (Å²) >= 11 is 0. The van der Waals surface area contributed by atoms with Gasteiger partial charge in [-0.1, -0.05) is 26.0 Å². The summed E-state index contributed by atoms with van der Waals surface area (Å²) in [4.78, 5) is 24.5. The second kappa shape index (κ2) is 7.55. The molecule has 1 heterocycles. The van der Waals surface area contributed by atoms with Gasteiger partial charge in [-0.2, -0.15) is 0 Å². The van der Waals surface area contributed by atoms with Crippen molar-refractivity contribution in [3.8, 4) is 5.75 Å². The van der Waals surface area contributed by atoms with Crippen LogP contribution in [0, 0.1) is 13.8 Å². The highest BCUT2D eigenvalue weighted by Crippen LogP contribution is 2.23. The van der Waals surface area contributed by atoms with E-state index < -0.39 is 5.97 Å². The van der Waals surface area contributed by atoms with E-state index in [0.717, 1.165) is 5.69 Å². The van der Waals surface area contributed by atoms with Gasteiger partial charge in [0.1, 0.15) is 11.4 Å². The number of hydrogen-bond donors (Lipinski definition) is 0. The highest BCUT2D eigenvalue weighted by Gasteiger charge is 2.25. The van der Waals surface area contributed by atoms with Crippen molar-refractivity contribution in [1.29, 1.82) is 0 Å². The van der Waals surface area contributed by atoms with Gasteiger partial charge in [-0.05, 0) is 43.0 Å². The summed E-state index contributed by atoms with van der Waals surface area (Å²) in [6.45, 7) is 7.74. The van der Waals surface area contributed by atoms with Crippen LogP contribution >= 0.6 is 0 Å². The summed E-state index contributed by atoms with van der Waals surface area (Å²) in [5.74, 6) is 0.486. The maximum atomic E-state index is 12.6. The molecule has 0 N–H and O–H groups in total. The average molecular weight is 343 g/mol. The molecule has 5 heteroatoms. The molecule has 2 rings (SSSR count). The largest absolute Gasteiger partial charge is 0.485 e. The van der Waals surface area contributed by atoms with Gasteiger partial charge in [-0.15, -0.1) is 0 Å². The molecule has 0 spiro atoms. The predicted octanol–water partition coefficient (Wildman–Crippen LogP) is 3.81. The summed E-state index contributed by atoms with van der Waals surface area (Å²) in [5, 5.41) is 0. The van der Waals surface area contributed by atoms with Crippen molar-refractivity contribution in [3.63, 3.8) is 0 Å². The van der Waals surface area contributed by atoms with Crippen LogP contribution in [0.2, 0.25) is 0 Å². The minimum atomic E-state index is -0.452. The molecule has 0 saturated heterocycles. The molecular weight excluding hydrogens is 318 g/mol. The number of carbonyl (C=O) groups is 2. The van der Waals surface area contributed by atoms with Crippen LogP contribution in [0.5, 0.6) is 5.75 Å². The lowest BCUT2D eigenvalue weighted by atomic mass is 10.0. The molecule has 25 heavy (non-hydrogen) atoms. The van der Waals surface area contributed by atoms with E-state index in [1.807, 2.05) is 31.2 Å². The third-order valence-electron chi connectivity index (χ3n) is 4.50. The van der Waals surface area contributed by atoms with Crippen molar-refractivity contribution in [2.24, 2.45) is 7.05 Å². The smallest absolute Gasteiger partial charge is 0.354 e. The fourth-order valence-electron chi connectivity index (χ4n) is 2.94. The van der Waals surface area contributed by atoms with Gasteiger partial charge in [-0.25, -0.2) is 4.79 Å². The number of benzene rings is 1. The number of aromatic nitrogens is 1. The summed E-state index contributed by atoms with van der Waals surface area (Å²) in [5.41, 5.74) is 3.47. The molecule has 0 aliphatic rings. The lowest BCUT2D eigenvalue weighted by Crippen LogP contribution is -2.13. The Morgan fingerprint density at radius 1 is 1.12 bits per heavy atom. The Kier molecular flexibility index (Phi) is 5.67. The highest BCUT2D eigenvalue weighted by atomic mass is 16.5. The van der Waals surface area contributed by atoms with Crippen LogP contribution in [0.15, 0.2) is 24.3 Å². The zero-order valence-electron chi connectivity index (χ0n) is 15.7. The summed E-state index contributed by atoms with van der Waals surface area (Å²) in [6.07, 6.45) is 0. The number of hydrogen-bond acceptors (Lipinski definition) is 4. The van der Waals surface area contributed by atoms with E-state index in [1.54, 1.807) is 18.5 Å². The van der Waals surface area contributed by atoms with Crippen molar-refractivity contribution < 1.29 is 19.1 Å². The van der Waals surface area contributed by atoms with Gasteiger partial charge in [0, 0.05) is 18.3 Å². The second-order valence-corrected chi connectivity index (χ2v) is 6.42. The molecule has 0 radical (unpaired) electrons. The van der Waals surface area contributed by atoms with E-state index in [4.69, 9.17) is 9.47 Å². The van der Waals surface area contributed by atoms with E-state index in [9.17, 15) is 9.59 Å². The minimum Gasteiger partial charge on any atom is -0.485 e. The number of nitrogens with zero attached hydrogens (tertiary/aromatic N) is 1. The first-order chi connectivity index (χ1) is 11.8.